The van der Waals surface area contributed by atoms with Crippen molar-refractivity contribution in [1.82, 2.24) is 14.5 Å². The van der Waals surface area contributed by atoms with Gasteiger partial charge in [0.05, 0.1) is 24.1 Å². The monoisotopic (exact) mass is 476 g/mol. The lowest BCUT2D eigenvalue weighted by atomic mass is 10.2. The third-order valence-electron chi connectivity index (χ3n) is 5.87. The van der Waals surface area contributed by atoms with Gasteiger partial charge in [-0.2, -0.15) is 0 Å². The van der Waals surface area contributed by atoms with Gasteiger partial charge in [-0.05, 0) is 31.9 Å². The molecule has 3 aromatic rings. The SMILES string of the molecule is CCOc1cccc(-n2cc(-c3ccccc3)nc2NC(=O)CN(CC2CCCO2)C(=O)CC)c1. The van der Waals surface area contributed by atoms with Gasteiger partial charge in [-0.1, -0.05) is 43.3 Å². The smallest absolute Gasteiger partial charge is 0.246 e. The maximum atomic E-state index is 13.1. The lowest BCUT2D eigenvalue weighted by Gasteiger charge is -2.24. The largest absolute Gasteiger partial charge is 0.494 e. The van der Waals surface area contributed by atoms with Crippen molar-refractivity contribution >= 4 is 17.8 Å². The fourth-order valence-corrected chi connectivity index (χ4v) is 4.15. The van der Waals surface area contributed by atoms with Crippen LogP contribution in [0, 0.1) is 0 Å². The first-order valence-corrected chi connectivity index (χ1v) is 12.1. The van der Waals surface area contributed by atoms with Crippen molar-refractivity contribution in [3.8, 4) is 22.7 Å². The van der Waals surface area contributed by atoms with Gasteiger partial charge in [-0.15, -0.1) is 0 Å². The molecule has 1 saturated heterocycles. The maximum absolute atomic E-state index is 13.1. The molecule has 8 heteroatoms. The van der Waals surface area contributed by atoms with Crippen LogP contribution in [0.4, 0.5) is 5.95 Å². The first-order chi connectivity index (χ1) is 17.1. The van der Waals surface area contributed by atoms with Crippen LogP contribution in [-0.4, -0.2) is 58.7 Å². The molecule has 35 heavy (non-hydrogen) atoms. The van der Waals surface area contributed by atoms with Crippen LogP contribution in [0.1, 0.15) is 33.1 Å². The average Bonchev–Trinajstić information content (AvgIpc) is 3.54. The molecule has 0 aliphatic carbocycles. The third kappa shape index (κ3) is 6.27. The first kappa shape index (κ1) is 24.5. The summed E-state index contributed by atoms with van der Waals surface area (Å²) in [5.74, 6) is 0.725. The van der Waals surface area contributed by atoms with E-state index in [0.717, 1.165) is 35.5 Å². The van der Waals surface area contributed by atoms with Crippen molar-refractivity contribution in [2.45, 2.75) is 39.2 Å². The van der Waals surface area contributed by atoms with E-state index in [0.29, 0.717) is 32.1 Å². The molecule has 1 unspecified atom stereocenters. The molecule has 184 valence electrons. The van der Waals surface area contributed by atoms with Gasteiger partial charge in [-0.3, -0.25) is 19.5 Å². The number of hydrogen-bond acceptors (Lipinski definition) is 5. The van der Waals surface area contributed by atoms with Gasteiger partial charge in [0.2, 0.25) is 17.8 Å². The summed E-state index contributed by atoms with van der Waals surface area (Å²) in [4.78, 5) is 31.9. The van der Waals surface area contributed by atoms with Gasteiger partial charge in [0.1, 0.15) is 12.3 Å². The number of aromatic nitrogens is 2. The van der Waals surface area contributed by atoms with Gasteiger partial charge >= 0.3 is 0 Å². The van der Waals surface area contributed by atoms with E-state index < -0.39 is 0 Å². The van der Waals surface area contributed by atoms with Crippen LogP contribution in [0.5, 0.6) is 5.75 Å². The van der Waals surface area contributed by atoms with Crippen molar-refractivity contribution < 1.29 is 19.1 Å². The number of benzene rings is 2. The summed E-state index contributed by atoms with van der Waals surface area (Å²) in [6.07, 6.45) is 4.07. The quantitative estimate of drug-likeness (QED) is 0.472. The van der Waals surface area contributed by atoms with E-state index in [9.17, 15) is 9.59 Å². The minimum absolute atomic E-state index is 0.0220. The van der Waals surface area contributed by atoms with Gasteiger partial charge in [-0.25, -0.2) is 4.98 Å². The van der Waals surface area contributed by atoms with E-state index in [4.69, 9.17) is 14.5 Å². The summed E-state index contributed by atoms with van der Waals surface area (Å²) in [6.45, 7) is 5.35. The topological polar surface area (TPSA) is 85.7 Å². The molecule has 4 rings (SSSR count). The van der Waals surface area contributed by atoms with E-state index in [1.807, 2.05) is 72.3 Å². The second-order valence-corrected chi connectivity index (χ2v) is 8.43. The molecule has 1 fully saturated rings. The van der Waals surface area contributed by atoms with E-state index in [2.05, 4.69) is 5.32 Å². The van der Waals surface area contributed by atoms with Crippen LogP contribution in [0.15, 0.2) is 60.8 Å². The highest BCUT2D eigenvalue weighted by Crippen LogP contribution is 2.26. The Bertz CT molecular complexity index is 1140. The first-order valence-electron chi connectivity index (χ1n) is 12.1. The van der Waals surface area contributed by atoms with Crippen LogP contribution >= 0.6 is 0 Å². The zero-order valence-corrected chi connectivity index (χ0v) is 20.3. The molecular weight excluding hydrogens is 444 g/mol. The number of nitrogens with one attached hydrogen (secondary N) is 1. The van der Waals surface area contributed by atoms with Crippen LogP contribution in [0.2, 0.25) is 0 Å². The second kappa shape index (κ2) is 11.7. The predicted octanol–water partition coefficient (Wildman–Crippen LogP) is 4.29. The molecular formula is C27H32N4O4. The summed E-state index contributed by atoms with van der Waals surface area (Å²) in [6, 6.07) is 17.4. The molecule has 2 aromatic carbocycles. The minimum Gasteiger partial charge on any atom is -0.494 e. The zero-order valence-electron chi connectivity index (χ0n) is 20.3. The number of carbonyl (C=O) groups is 2. The lowest BCUT2D eigenvalue weighted by Crippen LogP contribution is -2.42. The fourth-order valence-electron chi connectivity index (χ4n) is 4.15. The Hall–Kier alpha value is -3.65. The Labute approximate surface area is 205 Å². The molecule has 1 aliphatic rings. The van der Waals surface area contributed by atoms with Crippen LogP contribution in [0.3, 0.4) is 0 Å². The maximum Gasteiger partial charge on any atom is 0.246 e. The van der Waals surface area contributed by atoms with E-state index in [1.54, 1.807) is 11.8 Å². The molecule has 1 aromatic heterocycles. The molecule has 2 amide bonds. The number of nitrogens with zero attached hydrogens (tertiary/aromatic N) is 3. The number of anilines is 1. The van der Waals surface area contributed by atoms with E-state index in [1.165, 1.54) is 0 Å². The molecule has 0 spiro atoms. The number of carbonyl (C=O) groups excluding carboxylic acids is 2. The zero-order chi connectivity index (χ0) is 24.6. The molecule has 1 atom stereocenters. The van der Waals surface area contributed by atoms with Crippen molar-refractivity contribution in [2.24, 2.45) is 0 Å². The normalized spacial score (nSPS) is 15.1. The number of ether oxygens (including phenoxy) is 2. The average molecular weight is 477 g/mol. The number of amides is 2. The molecule has 0 saturated carbocycles. The Kier molecular flexibility index (Phi) is 8.15. The van der Waals surface area contributed by atoms with Crippen LogP contribution in [0.25, 0.3) is 16.9 Å². The van der Waals surface area contributed by atoms with Crippen molar-refractivity contribution in [1.29, 1.82) is 0 Å². The highest BCUT2D eigenvalue weighted by atomic mass is 16.5. The summed E-state index contributed by atoms with van der Waals surface area (Å²) in [5.41, 5.74) is 2.47. The fraction of sp³-hybridized carbons (Fsp3) is 0.370. The number of rotatable bonds is 10. The van der Waals surface area contributed by atoms with Gasteiger partial charge in [0.15, 0.2) is 0 Å². The highest BCUT2D eigenvalue weighted by molar-refractivity contribution is 5.93. The third-order valence-corrected chi connectivity index (χ3v) is 5.87. The van der Waals surface area contributed by atoms with E-state index in [-0.39, 0.29) is 24.5 Å². The van der Waals surface area contributed by atoms with Crippen molar-refractivity contribution in [3.63, 3.8) is 0 Å². The Morgan fingerprint density at radius 1 is 1.17 bits per heavy atom. The molecule has 8 nitrogen and oxygen atoms in total. The summed E-state index contributed by atoms with van der Waals surface area (Å²) < 4.78 is 13.2. The summed E-state index contributed by atoms with van der Waals surface area (Å²) >= 11 is 0. The lowest BCUT2D eigenvalue weighted by molar-refractivity contribution is -0.135. The van der Waals surface area contributed by atoms with Crippen LogP contribution < -0.4 is 10.1 Å². The van der Waals surface area contributed by atoms with Gasteiger partial charge < -0.3 is 14.4 Å². The predicted molar refractivity (Wildman–Crippen MR) is 135 cm³/mol. The number of hydrogen-bond donors (Lipinski definition) is 1. The minimum atomic E-state index is -0.308. The van der Waals surface area contributed by atoms with Crippen molar-refractivity contribution in [3.05, 3.63) is 60.8 Å². The van der Waals surface area contributed by atoms with Gasteiger partial charge in [0, 0.05) is 37.4 Å². The number of imidazole rings is 1. The molecule has 1 aliphatic heterocycles. The second-order valence-electron chi connectivity index (χ2n) is 8.43. The highest BCUT2D eigenvalue weighted by Gasteiger charge is 2.24. The molecule has 2 heterocycles. The Balaban J connectivity index is 1.59. The molecule has 1 N–H and O–H groups in total. The Morgan fingerprint density at radius 2 is 2.00 bits per heavy atom. The standard InChI is InChI=1S/C27H32N4O4/c1-3-26(33)30(17-23-14-9-15-35-23)19-25(32)29-27-28-24(20-10-6-5-7-11-20)18-31(27)21-12-8-13-22(16-21)34-4-2/h5-8,10-13,16,18,23H,3-4,9,14-15,17,19H2,1-2H3,(H,28,29,32). The van der Waals surface area contributed by atoms with E-state index >= 15 is 0 Å². The molecule has 0 bridgehead atoms. The Morgan fingerprint density at radius 3 is 2.71 bits per heavy atom. The summed E-state index contributed by atoms with van der Waals surface area (Å²) in [7, 11) is 0. The van der Waals surface area contributed by atoms with Gasteiger partial charge in [0.25, 0.3) is 0 Å². The summed E-state index contributed by atoms with van der Waals surface area (Å²) in [5, 5.41) is 2.92. The van der Waals surface area contributed by atoms with Crippen molar-refractivity contribution in [2.75, 3.05) is 31.6 Å². The van der Waals surface area contributed by atoms with Crippen LogP contribution in [-0.2, 0) is 14.3 Å². The molecule has 0 radical (unpaired) electrons.